The topological polar surface area (TPSA) is 93.1 Å². The van der Waals surface area contributed by atoms with Crippen molar-refractivity contribution in [1.82, 2.24) is 9.97 Å². The Morgan fingerprint density at radius 2 is 1.85 bits per heavy atom. The summed E-state index contributed by atoms with van der Waals surface area (Å²) in [4.78, 5) is 8.22. The minimum atomic E-state index is 0.231. The first-order valence-electron chi connectivity index (χ1n) is 8.82. The Morgan fingerprint density at radius 1 is 1.04 bits per heavy atom. The third-order valence-electron chi connectivity index (χ3n) is 4.69. The molecule has 5 N–H and O–H groups in total. The van der Waals surface area contributed by atoms with Gasteiger partial charge in [0, 0.05) is 23.0 Å². The normalized spacial score (nSPS) is 11.8. The largest absolute Gasteiger partial charge is 0.380 e. The van der Waals surface area contributed by atoms with Crippen LogP contribution < -0.4 is 11.6 Å². The zero-order chi connectivity index (χ0) is 18.8. The zero-order valence-corrected chi connectivity index (χ0v) is 15.1. The second kappa shape index (κ2) is 6.96. The molecule has 0 bridgehead atoms. The summed E-state index contributed by atoms with van der Waals surface area (Å²) in [6.07, 6.45) is 0.680. The smallest absolute Gasteiger partial charge is 0.168 e. The van der Waals surface area contributed by atoms with Crippen LogP contribution in [0.4, 0.5) is 0 Å². The number of amidine groups is 1. The summed E-state index contributed by atoms with van der Waals surface area (Å²) in [5.74, 6) is 5.53. The van der Waals surface area contributed by atoms with E-state index in [2.05, 4.69) is 52.3 Å². The minimum absolute atomic E-state index is 0.231. The number of aromatic nitrogens is 2. The summed E-state index contributed by atoms with van der Waals surface area (Å²) >= 11 is 0. The molecule has 4 aromatic rings. The Kier molecular flexibility index (Phi) is 4.34. The van der Waals surface area contributed by atoms with Crippen LogP contribution in [0.3, 0.4) is 0 Å². The van der Waals surface area contributed by atoms with Gasteiger partial charge >= 0.3 is 0 Å². The zero-order valence-electron chi connectivity index (χ0n) is 15.1. The van der Waals surface area contributed by atoms with E-state index < -0.39 is 0 Å². The van der Waals surface area contributed by atoms with Gasteiger partial charge in [0.1, 0.15) is 5.69 Å². The van der Waals surface area contributed by atoms with Crippen molar-refractivity contribution in [1.29, 1.82) is 0 Å². The molecule has 0 aliphatic heterocycles. The number of hydrazone groups is 1. The van der Waals surface area contributed by atoms with E-state index in [-0.39, 0.29) is 5.84 Å². The van der Waals surface area contributed by atoms with E-state index in [1.165, 1.54) is 16.5 Å². The maximum atomic E-state index is 5.82. The summed E-state index contributed by atoms with van der Waals surface area (Å²) in [6, 6.07) is 22.6. The Balaban J connectivity index is 1.85. The predicted molar refractivity (Wildman–Crippen MR) is 110 cm³/mol. The van der Waals surface area contributed by atoms with Crippen LogP contribution >= 0.6 is 0 Å². The summed E-state index contributed by atoms with van der Waals surface area (Å²) in [5.41, 5.74) is 13.2. The maximum Gasteiger partial charge on any atom is 0.168 e. The average molecular weight is 355 g/mol. The van der Waals surface area contributed by atoms with E-state index in [1.807, 2.05) is 36.4 Å². The van der Waals surface area contributed by atoms with E-state index in [4.69, 9.17) is 11.6 Å². The van der Waals surface area contributed by atoms with Crippen molar-refractivity contribution < 1.29 is 0 Å². The number of benzene rings is 2. The van der Waals surface area contributed by atoms with Gasteiger partial charge in [-0.15, -0.1) is 0 Å². The van der Waals surface area contributed by atoms with Gasteiger partial charge in [-0.1, -0.05) is 48.5 Å². The monoisotopic (exact) mass is 355 g/mol. The van der Waals surface area contributed by atoms with Crippen LogP contribution in [0.1, 0.15) is 22.5 Å². The molecule has 0 fully saturated rings. The maximum absolute atomic E-state index is 5.82. The SMILES string of the molecule is Cc1ccc2c(Cc3cccc(/C(N)=N/N)n3)c(-c3ccccc3)[nH]c2c1. The number of aromatic amines is 1. The molecular weight excluding hydrogens is 334 g/mol. The molecule has 0 atom stereocenters. The Labute approximate surface area is 157 Å². The van der Waals surface area contributed by atoms with Crippen molar-refractivity contribution in [3.8, 4) is 11.3 Å². The molecule has 5 nitrogen and oxygen atoms in total. The fraction of sp³-hybridized carbons (Fsp3) is 0.0909. The molecular formula is C22H21N5. The van der Waals surface area contributed by atoms with Crippen LogP contribution in [-0.2, 0) is 6.42 Å². The van der Waals surface area contributed by atoms with Crippen LogP contribution in [0.25, 0.3) is 22.2 Å². The van der Waals surface area contributed by atoms with E-state index >= 15 is 0 Å². The van der Waals surface area contributed by atoms with Gasteiger partial charge in [0.25, 0.3) is 0 Å². The molecule has 5 heteroatoms. The number of rotatable bonds is 4. The summed E-state index contributed by atoms with van der Waals surface area (Å²) in [5, 5.41) is 4.75. The second-order valence-electron chi connectivity index (χ2n) is 6.60. The van der Waals surface area contributed by atoms with Crippen LogP contribution in [0.2, 0.25) is 0 Å². The fourth-order valence-corrected chi connectivity index (χ4v) is 3.37. The van der Waals surface area contributed by atoms with Crippen molar-refractivity contribution in [2.75, 3.05) is 0 Å². The number of hydrogen-bond acceptors (Lipinski definition) is 3. The van der Waals surface area contributed by atoms with Gasteiger partial charge in [0.2, 0.25) is 0 Å². The molecule has 0 aliphatic carbocycles. The second-order valence-corrected chi connectivity index (χ2v) is 6.60. The number of nitrogens with two attached hydrogens (primary N) is 2. The van der Waals surface area contributed by atoms with Gasteiger partial charge in [0.15, 0.2) is 5.84 Å². The highest BCUT2D eigenvalue weighted by molar-refractivity contribution is 5.95. The van der Waals surface area contributed by atoms with Crippen LogP contribution in [-0.4, -0.2) is 15.8 Å². The van der Waals surface area contributed by atoms with E-state index in [9.17, 15) is 0 Å². The van der Waals surface area contributed by atoms with Gasteiger partial charge in [-0.05, 0) is 41.8 Å². The van der Waals surface area contributed by atoms with E-state index in [0.717, 1.165) is 22.5 Å². The molecule has 0 spiro atoms. The van der Waals surface area contributed by atoms with Crippen molar-refractivity contribution >= 4 is 16.7 Å². The first-order chi connectivity index (χ1) is 13.2. The minimum Gasteiger partial charge on any atom is -0.380 e. The Hall–Kier alpha value is -3.60. The molecule has 27 heavy (non-hydrogen) atoms. The number of H-pyrrole nitrogens is 1. The van der Waals surface area contributed by atoms with Crippen molar-refractivity contribution in [3.63, 3.8) is 0 Å². The highest BCUT2D eigenvalue weighted by Crippen LogP contribution is 2.32. The molecule has 134 valence electrons. The number of fused-ring (bicyclic) bond motifs is 1. The Bertz CT molecular complexity index is 1130. The third-order valence-corrected chi connectivity index (χ3v) is 4.69. The first kappa shape index (κ1) is 16.8. The highest BCUT2D eigenvalue weighted by Gasteiger charge is 2.15. The highest BCUT2D eigenvalue weighted by atomic mass is 15.2. The molecule has 2 heterocycles. The number of pyridine rings is 1. The van der Waals surface area contributed by atoms with Crippen molar-refractivity contribution in [3.05, 3.63) is 89.2 Å². The molecule has 2 aromatic heterocycles. The van der Waals surface area contributed by atoms with Gasteiger partial charge in [-0.25, -0.2) is 4.98 Å². The lowest BCUT2D eigenvalue weighted by Gasteiger charge is -2.07. The van der Waals surface area contributed by atoms with Crippen LogP contribution in [0.5, 0.6) is 0 Å². The van der Waals surface area contributed by atoms with Crippen LogP contribution in [0.15, 0.2) is 71.8 Å². The molecule has 0 radical (unpaired) electrons. The molecule has 0 saturated heterocycles. The standard InChI is InChI=1S/C22H21N5/c1-14-10-11-17-18(13-16-8-5-9-19(25-16)22(23)27-24)21(26-20(17)12-14)15-6-3-2-4-7-15/h2-12,26H,13,24H2,1H3,(H2,23,27). The Morgan fingerprint density at radius 3 is 2.63 bits per heavy atom. The lowest BCUT2D eigenvalue weighted by atomic mass is 10.00. The number of hydrogen-bond donors (Lipinski definition) is 3. The van der Waals surface area contributed by atoms with Crippen molar-refractivity contribution in [2.24, 2.45) is 16.7 Å². The molecule has 0 unspecified atom stereocenters. The van der Waals surface area contributed by atoms with Crippen molar-refractivity contribution in [2.45, 2.75) is 13.3 Å². The van der Waals surface area contributed by atoms with Gasteiger partial charge < -0.3 is 16.6 Å². The third kappa shape index (κ3) is 3.27. The predicted octanol–water partition coefficient (Wildman–Crippen LogP) is 3.71. The van der Waals surface area contributed by atoms with Crippen LogP contribution in [0, 0.1) is 6.92 Å². The molecule has 2 aromatic carbocycles. The average Bonchev–Trinajstić information content (AvgIpc) is 3.05. The fourth-order valence-electron chi connectivity index (χ4n) is 3.37. The van der Waals surface area contributed by atoms with E-state index in [0.29, 0.717) is 12.1 Å². The van der Waals surface area contributed by atoms with Gasteiger partial charge in [-0.3, -0.25) is 0 Å². The summed E-state index contributed by atoms with van der Waals surface area (Å²) in [7, 11) is 0. The summed E-state index contributed by atoms with van der Waals surface area (Å²) < 4.78 is 0. The molecule has 0 saturated carbocycles. The quantitative estimate of drug-likeness (QED) is 0.225. The van der Waals surface area contributed by atoms with E-state index in [1.54, 1.807) is 0 Å². The molecule has 0 amide bonds. The number of aryl methyl sites for hydroxylation is 1. The molecule has 0 aliphatic rings. The van der Waals surface area contributed by atoms with Gasteiger partial charge in [0.05, 0.1) is 5.69 Å². The lowest BCUT2D eigenvalue weighted by molar-refractivity contribution is 1.07. The first-order valence-corrected chi connectivity index (χ1v) is 8.82. The van der Waals surface area contributed by atoms with Gasteiger partial charge in [-0.2, -0.15) is 5.10 Å². The summed E-state index contributed by atoms with van der Waals surface area (Å²) in [6.45, 7) is 2.10. The molecule has 4 rings (SSSR count). The number of nitrogens with one attached hydrogen (secondary N) is 1. The number of nitrogens with zero attached hydrogens (tertiary/aromatic N) is 2. The lowest BCUT2D eigenvalue weighted by Crippen LogP contribution is -2.17.